The van der Waals surface area contributed by atoms with Gasteiger partial charge < -0.3 is 5.73 Å². The molecule has 1 aliphatic heterocycles. The Morgan fingerprint density at radius 1 is 1.47 bits per heavy atom. The highest BCUT2D eigenvalue weighted by atomic mass is 32.1. The Morgan fingerprint density at radius 2 is 2.29 bits per heavy atom. The van der Waals surface area contributed by atoms with Crippen molar-refractivity contribution in [1.29, 1.82) is 0 Å². The standard InChI is InChI=1S/C14H24N2S/c1-3-8-16-9-4-5-12(10-15)14(16)13-7-6-11(2)17-13/h6-7,12,14H,3-5,8-10,15H2,1-2H3. The van der Waals surface area contributed by atoms with Crippen molar-refractivity contribution in [3.8, 4) is 0 Å². The molecular formula is C14H24N2S. The number of nitrogens with two attached hydrogens (primary N) is 1. The van der Waals surface area contributed by atoms with Gasteiger partial charge in [0.25, 0.3) is 0 Å². The molecular weight excluding hydrogens is 228 g/mol. The quantitative estimate of drug-likeness (QED) is 0.892. The van der Waals surface area contributed by atoms with Gasteiger partial charge in [-0.05, 0) is 63.9 Å². The van der Waals surface area contributed by atoms with Crippen LogP contribution in [0.4, 0.5) is 0 Å². The smallest absolute Gasteiger partial charge is 0.0481 e. The summed E-state index contributed by atoms with van der Waals surface area (Å²) in [5.41, 5.74) is 5.97. The molecule has 1 aromatic heterocycles. The fourth-order valence-corrected chi connectivity index (χ4v) is 4.07. The molecule has 0 aromatic carbocycles. The molecule has 2 heterocycles. The Bertz CT molecular complexity index is 346. The summed E-state index contributed by atoms with van der Waals surface area (Å²) in [5.74, 6) is 0.647. The highest BCUT2D eigenvalue weighted by Gasteiger charge is 2.31. The van der Waals surface area contributed by atoms with Gasteiger partial charge in [-0.1, -0.05) is 6.92 Å². The van der Waals surface area contributed by atoms with Crippen molar-refractivity contribution in [3.63, 3.8) is 0 Å². The zero-order valence-electron chi connectivity index (χ0n) is 11.0. The molecule has 0 aliphatic carbocycles. The molecule has 2 rings (SSSR count). The normalized spacial score (nSPS) is 26.3. The first kappa shape index (κ1) is 13.1. The van der Waals surface area contributed by atoms with Crippen molar-refractivity contribution in [3.05, 3.63) is 21.9 Å². The number of piperidine rings is 1. The summed E-state index contributed by atoms with van der Waals surface area (Å²) in [6.45, 7) is 7.73. The van der Waals surface area contributed by atoms with Gasteiger partial charge in [-0.3, -0.25) is 4.90 Å². The molecule has 1 fully saturated rings. The van der Waals surface area contributed by atoms with Gasteiger partial charge in [-0.25, -0.2) is 0 Å². The minimum Gasteiger partial charge on any atom is -0.330 e. The van der Waals surface area contributed by atoms with E-state index in [0.29, 0.717) is 12.0 Å². The van der Waals surface area contributed by atoms with Crippen LogP contribution in [-0.4, -0.2) is 24.5 Å². The first-order chi connectivity index (χ1) is 8.26. The van der Waals surface area contributed by atoms with E-state index < -0.39 is 0 Å². The lowest BCUT2D eigenvalue weighted by atomic mass is 9.88. The maximum atomic E-state index is 5.97. The highest BCUT2D eigenvalue weighted by Crippen LogP contribution is 2.38. The zero-order chi connectivity index (χ0) is 12.3. The molecule has 0 saturated carbocycles. The minimum absolute atomic E-state index is 0.576. The van der Waals surface area contributed by atoms with Crippen LogP contribution in [0.1, 0.15) is 42.0 Å². The third-order valence-electron chi connectivity index (χ3n) is 3.73. The average Bonchev–Trinajstić information content (AvgIpc) is 2.75. The Labute approximate surface area is 109 Å². The SMILES string of the molecule is CCCN1CCCC(CN)C1c1ccc(C)s1. The lowest BCUT2D eigenvalue weighted by Gasteiger charge is -2.40. The predicted octanol–water partition coefficient (Wildman–Crippen LogP) is 3.18. The van der Waals surface area contributed by atoms with Crippen molar-refractivity contribution in [1.82, 2.24) is 4.90 Å². The number of thiophene rings is 1. The lowest BCUT2D eigenvalue weighted by molar-refractivity contribution is 0.0985. The van der Waals surface area contributed by atoms with Gasteiger partial charge in [0.15, 0.2) is 0 Å². The van der Waals surface area contributed by atoms with Gasteiger partial charge in [0.1, 0.15) is 0 Å². The Kier molecular flexibility index (Phi) is 4.60. The topological polar surface area (TPSA) is 29.3 Å². The van der Waals surface area contributed by atoms with E-state index in [1.807, 2.05) is 11.3 Å². The summed E-state index contributed by atoms with van der Waals surface area (Å²) in [6, 6.07) is 5.13. The van der Waals surface area contributed by atoms with Gasteiger partial charge in [0.05, 0.1) is 0 Å². The number of hydrogen-bond acceptors (Lipinski definition) is 3. The third-order valence-corrected chi connectivity index (χ3v) is 4.80. The van der Waals surface area contributed by atoms with E-state index >= 15 is 0 Å². The van der Waals surface area contributed by atoms with E-state index in [9.17, 15) is 0 Å². The van der Waals surface area contributed by atoms with Crippen LogP contribution < -0.4 is 5.73 Å². The van der Waals surface area contributed by atoms with Crippen LogP contribution in [0.5, 0.6) is 0 Å². The lowest BCUT2D eigenvalue weighted by Crippen LogP contribution is -2.41. The van der Waals surface area contributed by atoms with Crippen LogP contribution in [0.25, 0.3) is 0 Å². The van der Waals surface area contributed by atoms with Crippen LogP contribution in [0.3, 0.4) is 0 Å². The monoisotopic (exact) mass is 252 g/mol. The van der Waals surface area contributed by atoms with Gasteiger partial charge in [0.2, 0.25) is 0 Å². The molecule has 1 saturated heterocycles. The second-order valence-electron chi connectivity index (χ2n) is 5.07. The fraction of sp³-hybridized carbons (Fsp3) is 0.714. The third kappa shape index (κ3) is 2.90. The number of aryl methyl sites for hydroxylation is 1. The Morgan fingerprint density at radius 3 is 2.88 bits per heavy atom. The molecule has 2 N–H and O–H groups in total. The fourth-order valence-electron chi connectivity index (χ4n) is 2.96. The molecule has 1 aliphatic rings. The maximum Gasteiger partial charge on any atom is 0.0481 e. The van der Waals surface area contributed by atoms with E-state index in [1.54, 1.807) is 0 Å². The first-order valence-electron chi connectivity index (χ1n) is 6.76. The van der Waals surface area contributed by atoms with Gasteiger partial charge >= 0.3 is 0 Å². The number of nitrogens with zero attached hydrogens (tertiary/aromatic N) is 1. The summed E-state index contributed by atoms with van der Waals surface area (Å²) < 4.78 is 0. The molecule has 2 unspecified atom stereocenters. The highest BCUT2D eigenvalue weighted by molar-refractivity contribution is 7.12. The van der Waals surface area contributed by atoms with E-state index in [0.717, 1.165) is 6.54 Å². The van der Waals surface area contributed by atoms with E-state index in [1.165, 1.54) is 42.1 Å². The molecule has 2 atom stereocenters. The van der Waals surface area contributed by atoms with Crippen molar-refractivity contribution < 1.29 is 0 Å². The Balaban J connectivity index is 2.21. The van der Waals surface area contributed by atoms with Crippen molar-refractivity contribution in [2.75, 3.05) is 19.6 Å². The second-order valence-corrected chi connectivity index (χ2v) is 6.39. The van der Waals surface area contributed by atoms with E-state index in [2.05, 4.69) is 30.9 Å². The maximum absolute atomic E-state index is 5.97. The first-order valence-corrected chi connectivity index (χ1v) is 7.58. The van der Waals surface area contributed by atoms with Crippen LogP contribution in [0, 0.1) is 12.8 Å². The predicted molar refractivity (Wildman–Crippen MR) is 75.4 cm³/mol. The molecule has 3 heteroatoms. The molecule has 0 spiro atoms. The van der Waals surface area contributed by atoms with Gasteiger partial charge in [-0.15, -0.1) is 11.3 Å². The second kappa shape index (κ2) is 5.98. The number of hydrogen-bond donors (Lipinski definition) is 1. The Hall–Kier alpha value is -0.380. The molecule has 0 amide bonds. The van der Waals surface area contributed by atoms with E-state index in [4.69, 9.17) is 5.73 Å². The molecule has 17 heavy (non-hydrogen) atoms. The largest absolute Gasteiger partial charge is 0.330 e. The van der Waals surface area contributed by atoms with E-state index in [-0.39, 0.29) is 0 Å². The van der Waals surface area contributed by atoms with Gasteiger partial charge in [0, 0.05) is 15.8 Å². The zero-order valence-corrected chi connectivity index (χ0v) is 11.8. The van der Waals surface area contributed by atoms with Crippen LogP contribution in [-0.2, 0) is 0 Å². The average molecular weight is 252 g/mol. The van der Waals surface area contributed by atoms with Crippen molar-refractivity contribution >= 4 is 11.3 Å². The van der Waals surface area contributed by atoms with Crippen LogP contribution in [0.2, 0.25) is 0 Å². The van der Waals surface area contributed by atoms with Crippen LogP contribution >= 0.6 is 11.3 Å². The summed E-state index contributed by atoms with van der Waals surface area (Å²) in [4.78, 5) is 5.58. The summed E-state index contributed by atoms with van der Waals surface area (Å²) in [7, 11) is 0. The van der Waals surface area contributed by atoms with Crippen molar-refractivity contribution in [2.24, 2.45) is 11.7 Å². The molecule has 0 bridgehead atoms. The summed E-state index contributed by atoms with van der Waals surface area (Å²) >= 11 is 1.95. The number of likely N-dealkylation sites (tertiary alicyclic amines) is 1. The van der Waals surface area contributed by atoms with Gasteiger partial charge in [-0.2, -0.15) is 0 Å². The van der Waals surface area contributed by atoms with Crippen molar-refractivity contribution in [2.45, 2.75) is 39.2 Å². The number of rotatable bonds is 4. The molecule has 0 radical (unpaired) electrons. The van der Waals surface area contributed by atoms with Crippen LogP contribution in [0.15, 0.2) is 12.1 Å². The summed E-state index contributed by atoms with van der Waals surface area (Å²) in [5, 5.41) is 0. The molecule has 96 valence electrons. The summed E-state index contributed by atoms with van der Waals surface area (Å²) in [6.07, 6.45) is 3.83. The molecule has 2 nitrogen and oxygen atoms in total. The minimum atomic E-state index is 0.576. The molecule has 1 aromatic rings.